The Hall–Kier alpha value is -3.65. The lowest BCUT2D eigenvalue weighted by atomic mass is 9.85. The van der Waals surface area contributed by atoms with Crippen LogP contribution in [0.1, 0.15) is 28.8 Å². The maximum absolute atomic E-state index is 13.9. The molecule has 3 aromatic rings. The number of rotatable bonds is 7. The first-order valence-electron chi connectivity index (χ1n) is 12.9. The molecule has 0 unspecified atom stereocenters. The number of nitrogens with one attached hydrogen (secondary N) is 1. The van der Waals surface area contributed by atoms with Crippen molar-refractivity contribution in [2.24, 2.45) is 0 Å². The van der Waals surface area contributed by atoms with Crippen LogP contribution in [0.2, 0.25) is 0 Å². The Labute approximate surface area is 231 Å². The Morgan fingerprint density at radius 2 is 1.50 bits per heavy atom. The van der Waals surface area contributed by atoms with Crippen molar-refractivity contribution in [3.05, 3.63) is 101 Å². The van der Waals surface area contributed by atoms with E-state index in [0.717, 1.165) is 22.1 Å². The van der Waals surface area contributed by atoms with Crippen LogP contribution < -0.4 is 10.2 Å². The highest BCUT2D eigenvalue weighted by Gasteiger charge is 2.54. The number of carbonyl (C=O) groups excluding carboxylic acids is 3. The second-order valence-corrected chi connectivity index (χ2v) is 10.7. The van der Waals surface area contributed by atoms with Crippen LogP contribution in [-0.2, 0) is 16.0 Å². The number of carbonyl (C=O) groups is 3. The average molecular weight is 576 g/mol. The van der Waals surface area contributed by atoms with E-state index in [1.807, 2.05) is 89.8 Å². The molecule has 7 nitrogen and oxygen atoms in total. The highest BCUT2D eigenvalue weighted by molar-refractivity contribution is 9.10. The van der Waals surface area contributed by atoms with Gasteiger partial charge in [0.15, 0.2) is 0 Å². The summed E-state index contributed by atoms with van der Waals surface area (Å²) in [7, 11) is 0. The summed E-state index contributed by atoms with van der Waals surface area (Å²) in [4.78, 5) is 45.4. The average Bonchev–Trinajstić information content (AvgIpc) is 3.20. The van der Waals surface area contributed by atoms with Gasteiger partial charge in [0.1, 0.15) is 12.1 Å². The van der Waals surface area contributed by atoms with E-state index in [0.29, 0.717) is 44.7 Å². The minimum Gasteiger partial charge on any atom is -0.354 e. The molecule has 0 aromatic heterocycles. The van der Waals surface area contributed by atoms with E-state index in [1.165, 1.54) is 0 Å². The monoisotopic (exact) mass is 574 g/mol. The Bertz CT molecular complexity index is 1280. The second kappa shape index (κ2) is 11.4. The standard InChI is InChI=1S/C30H31BrN4O3/c31-25-13-11-24(12-14-25)28(37)33-19-16-30(17-20-33)29(38)34(22-35(30)26-9-5-2-6-10-26)21-27(36)32-18-15-23-7-3-1-4-8-23/h1-14H,15-22H2,(H,32,36). The molecule has 0 radical (unpaired) electrons. The molecule has 0 atom stereocenters. The fourth-order valence-electron chi connectivity index (χ4n) is 5.40. The van der Waals surface area contributed by atoms with Crippen molar-refractivity contribution in [1.29, 1.82) is 0 Å². The Morgan fingerprint density at radius 1 is 0.868 bits per heavy atom. The van der Waals surface area contributed by atoms with Crippen molar-refractivity contribution in [2.75, 3.05) is 37.7 Å². The van der Waals surface area contributed by atoms with Gasteiger partial charge >= 0.3 is 0 Å². The van der Waals surface area contributed by atoms with E-state index in [-0.39, 0.29) is 24.3 Å². The molecular weight excluding hydrogens is 544 g/mol. The van der Waals surface area contributed by atoms with Crippen LogP contribution >= 0.6 is 15.9 Å². The largest absolute Gasteiger partial charge is 0.354 e. The van der Waals surface area contributed by atoms with Gasteiger partial charge in [-0.3, -0.25) is 14.4 Å². The molecule has 2 aliphatic heterocycles. The van der Waals surface area contributed by atoms with Gasteiger partial charge in [-0.15, -0.1) is 0 Å². The van der Waals surface area contributed by atoms with Gasteiger partial charge in [-0.25, -0.2) is 0 Å². The minimum atomic E-state index is -0.776. The summed E-state index contributed by atoms with van der Waals surface area (Å²) in [5.41, 5.74) is 1.96. The molecule has 8 heteroatoms. The van der Waals surface area contributed by atoms with Crippen LogP contribution in [0.15, 0.2) is 89.4 Å². The molecule has 3 aromatic carbocycles. The Kier molecular flexibility index (Phi) is 7.79. The number of amides is 3. The molecular formula is C30H31BrN4O3. The molecule has 0 aliphatic carbocycles. The van der Waals surface area contributed by atoms with Gasteiger partial charge in [0.25, 0.3) is 11.8 Å². The SMILES string of the molecule is O=C(CN1CN(c2ccccc2)C2(CCN(C(=O)c3ccc(Br)cc3)CC2)C1=O)NCCc1ccccc1. The van der Waals surface area contributed by atoms with Crippen LogP contribution in [-0.4, -0.2) is 65.9 Å². The van der Waals surface area contributed by atoms with Crippen molar-refractivity contribution in [3.8, 4) is 0 Å². The topological polar surface area (TPSA) is 73.0 Å². The Morgan fingerprint density at radius 3 is 2.16 bits per heavy atom. The van der Waals surface area contributed by atoms with E-state index in [4.69, 9.17) is 0 Å². The molecule has 0 saturated carbocycles. The van der Waals surface area contributed by atoms with E-state index >= 15 is 0 Å². The highest BCUT2D eigenvalue weighted by Crippen LogP contribution is 2.39. The normalized spacial score (nSPS) is 16.7. The van der Waals surface area contributed by atoms with Crippen LogP contribution in [0.4, 0.5) is 5.69 Å². The third-order valence-corrected chi connectivity index (χ3v) is 7.99. The van der Waals surface area contributed by atoms with Crippen molar-refractivity contribution in [2.45, 2.75) is 24.8 Å². The molecule has 3 amide bonds. The maximum atomic E-state index is 13.9. The number of para-hydroxylation sites is 1. The molecule has 2 fully saturated rings. The Balaban J connectivity index is 1.27. The molecule has 2 heterocycles. The summed E-state index contributed by atoms with van der Waals surface area (Å²) in [6, 6.07) is 27.2. The summed E-state index contributed by atoms with van der Waals surface area (Å²) in [5, 5.41) is 2.96. The second-order valence-electron chi connectivity index (χ2n) is 9.82. The molecule has 5 rings (SSSR count). The summed E-state index contributed by atoms with van der Waals surface area (Å²) < 4.78 is 0.922. The fraction of sp³-hybridized carbons (Fsp3) is 0.300. The lowest BCUT2D eigenvalue weighted by molar-refractivity contribution is -0.137. The minimum absolute atomic E-state index is 0.0141. The predicted octanol–water partition coefficient (Wildman–Crippen LogP) is 4.09. The number of likely N-dealkylation sites (tertiary alicyclic amines) is 1. The van der Waals surface area contributed by atoms with Gasteiger partial charge in [0, 0.05) is 35.4 Å². The van der Waals surface area contributed by atoms with Gasteiger partial charge in [0.2, 0.25) is 5.91 Å². The molecule has 2 saturated heterocycles. The summed E-state index contributed by atoms with van der Waals surface area (Å²) in [6.45, 7) is 1.82. The first kappa shape index (κ1) is 26.0. The van der Waals surface area contributed by atoms with E-state index < -0.39 is 5.54 Å². The molecule has 196 valence electrons. The van der Waals surface area contributed by atoms with Gasteiger partial charge in [-0.05, 0) is 61.2 Å². The fourth-order valence-corrected chi connectivity index (χ4v) is 5.66. The predicted molar refractivity (Wildman–Crippen MR) is 151 cm³/mol. The number of anilines is 1. The molecule has 2 aliphatic rings. The van der Waals surface area contributed by atoms with E-state index in [9.17, 15) is 14.4 Å². The number of piperidine rings is 1. The molecule has 0 bridgehead atoms. The number of nitrogens with zero attached hydrogens (tertiary/aromatic N) is 3. The number of hydrogen-bond acceptors (Lipinski definition) is 4. The zero-order chi connectivity index (χ0) is 26.5. The van der Waals surface area contributed by atoms with Crippen molar-refractivity contribution < 1.29 is 14.4 Å². The highest BCUT2D eigenvalue weighted by atomic mass is 79.9. The maximum Gasteiger partial charge on any atom is 0.253 e. The zero-order valence-corrected chi connectivity index (χ0v) is 22.8. The summed E-state index contributed by atoms with van der Waals surface area (Å²) in [5.74, 6) is -0.240. The molecule has 1 spiro atoms. The molecule has 38 heavy (non-hydrogen) atoms. The van der Waals surface area contributed by atoms with Crippen molar-refractivity contribution in [3.63, 3.8) is 0 Å². The molecule has 1 N–H and O–H groups in total. The van der Waals surface area contributed by atoms with Crippen LogP contribution in [0.25, 0.3) is 0 Å². The summed E-state index contributed by atoms with van der Waals surface area (Å²) in [6.07, 6.45) is 1.76. The van der Waals surface area contributed by atoms with Crippen molar-refractivity contribution in [1.82, 2.24) is 15.1 Å². The van der Waals surface area contributed by atoms with Crippen LogP contribution in [0.5, 0.6) is 0 Å². The number of hydrogen-bond donors (Lipinski definition) is 1. The first-order valence-corrected chi connectivity index (χ1v) is 13.7. The van der Waals surface area contributed by atoms with Crippen molar-refractivity contribution >= 4 is 39.3 Å². The van der Waals surface area contributed by atoms with Gasteiger partial charge in [0.05, 0.1) is 6.67 Å². The van der Waals surface area contributed by atoms with Crippen LogP contribution in [0.3, 0.4) is 0 Å². The quantitative estimate of drug-likeness (QED) is 0.461. The van der Waals surface area contributed by atoms with E-state index in [1.54, 1.807) is 4.90 Å². The van der Waals surface area contributed by atoms with Crippen LogP contribution in [0, 0.1) is 0 Å². The lowest BCUT2D eigenvalue weighted by Gasteiger charge is -2.43. The summed E-state index contributed by atoms with van der Waals surface area (Å²) >= 11 is 3.41. The van der Waals surface area contributed by atoms with Gasteiger partial charge in [-0.1, -0.05) is 64.5 Å². The third kappa shape index (κ3) is 5.45. The number of benzene rings is 3. The smallest absolute Gasteiger partial charge is 0.253 e. The zero-order valence-electron chi connectivity index (χ0n) is 21.2. The first-order chi connectivity index (χ1) is 18.5. The van der Waals surface area contributed by atoms with Gasteiger partial charge < -0.3 is 20.0 Å². The lowest BCUT2D eigenvalue weighted by Crippen LogP contribution is -2.57. The third-order valence-electron chi connectivity index (χ3n) is 7.46. The van der Waals surface area contributed by atoms with E-state index in [2.05, 4.69) is 26.1 Å². The van der Waals surface area contributed by atoms with Gasteiger partial charge in [-0.2, -0.15) is 0 Å². The number of halogens is 1.